The monoisotopic (exact) mass is 247 g/mol. The second kappa shape index (κ2) is 4.26. The zero-order valence-corrected chi connectivity index (χ0v) is 10.1. The van der Waals surface area contributed by atoms with Crippen LogP contribution in [-0.4, -0.2) is 34.8 Å². The fraction of sp³-hybridized carbons (Fsp3) is 0.462. The molecule has 5 nitrogen and oxygen atoms in total. The highest BCUT2D eigenvalue weighted by Crippen LogP contribution is 2.33. The lowest BCUT2D eigenvalue weighted by atomic mass is 9.79. The molecule has 4 N–H and O–H groups in total. The molecule has 1 aromatic carbocycles. The number of phenolic OH excluding ortho intramolecular Hbond substituents is 1. The van der Waals surface area contributed by atoms with Gasteiger partial charge in [-0.3, -0.25) is 0 Å². The number of phenols is 1. The quantitative estimate of drug-likeness (QED) is 0.746. The molecule has 3 rings (SSSR count). The molecule has 1 fully saturated rings. The number of aromatic nitrogens is 2. The van der Waals surface area contributed by atoms with E-state index in [4.69, 9.17) is 10.5 Å². The standard InChI is InChI=1S/C13H17N3O2/c14-8-13(3-5-18-6-4-13)12-15-10-2-1-9(17)7-11(10)16-12/h1-2,7,17H,3-6,8,14H2,(H,15,16). The Morgan fingerprint density at radius 3 is 2.89 bits per heavy atom. The molecule has 1 aromatic heterocycles. The summed E-state index contributed by atoms with van der Waals surface area (Å²) in [6.45, 7) is 2.00. The van der Waals surface area contributed by atoms with Crippen LogP contribution in [-0.2, 0) is 10.2 Å². The summed E-state index contributed by atoms with van der Waals surface area (Å²) in [5.41, 5.74) is 7.55. The summed E-state index contributed by atoms with van der Waals surface area (Å²) in [7, 11) is 0. The summed E-state index contributed by atoms with van der Waals surface area (Å²) in [5, 5.41) is 9.48. The predicted molar refractivity (Wildman–Crippen MR) is 68.5 cm³/mol. The lowest BCUT2D eigenvalue weighted by Gasteiger charge is -2.34. The Bertz CT molecular complexity index is 558. The average molecular weight is 247 g/mol. The Morgan fingerprint density at radius 1 is 1.39 bits per heavy atom. The van der Waals surface area contributed by atoms with Gasteiger partial charge in [-0.15, -0.1) is 0 Å². The van der Waals surface area contributed by atoms with Gasteiger partial charge in [-0.05, 0) is 25.0 Å². The van der Waals surface area contributed by atoms with Crippen molar-refractivity contribution in [1.29, 1.82) is 0 Å². The molecule has 1 aliphatic heterocycles. The molecule has 18 heavy (non-hydrogen) atoms. The number of fused-ring (bicyclic) bond motifs is 1. The highest BCUT2D eigenvalue weighted by Gasteiger charge is 2.36. The number of nitrogens with zero attached hydrogens (tertiary/aromatic N) is 1. The van der Waals surface area contributed by atoms with Crippen molar-refractivity contribution in [2.75, 3.05) is 19.8 Å². The van der Waals surface area contributed by atoms with Gasteiger partial charge in [-0.2, -0.15) is 0 Å². The first kappa shape index (κ1) is 11.5. The van der Waals surface area contributed by atoms with Crippen LogP contribution in [0, 0.1) is 0 Å². The van der Waals surface area contributed by atoms with E-state index in [0.29, 0.717) is 6.54 Å². The van der Waals surface area contributed by atoms with E-state index >= 15 is 0 Å². The maximum absolute atomic E-state index is 9.48. The first-order valence-electron chi connectivity index (χ1n) is 6.21. The second-order valence-electron chi connectivity index (χ2n) is 4.88. The van der Waals surface area contributed by atoms with Crippen molar-refractivity contribution >= 4 is 11.0 Å². The maximum atomic E-state index is 9.48. The van der Waals surface area contributed by atoms with Crippen molar-refractivity contribution in [2.24, 2.45) is 5.73 Å². The lowest BCUT2D eigenvalue weighted by molar-refractivity contribution is 0.0503. The Balaban J connectivity index is 2.06. The van der Waals surface area contributed by atoms with Gasteiger partial charge in [-0.25, -0.2) is 4.98 Å². The average Bonchev–Trinajstić information content (AvgIpc) is 2.83. The van der Waals surface area contributed by atoms with Gasteiger partial charge in [0.05, 0.1) is 11.0 Å². The number of aromatic amines is 1. The Morgan fingerprint density at radius 2 is 2.17 bits per heavy atom. The van der Waals surface area contributed by atoms with E-state index in [1.807, 2.05) is 6.07 Å². The molecule has 0 unspecified atom stereocenters. The van der Waals surface area contributed by atoms with Gasteiger partial charge in [0.2, 0.25) is 0 Å². The van der Waals surface area contributed by atoms with E-state index in [-0.39, 0.29) is 11.2 Å². The van der Waals surface area contributed by atoms with Crippen molar-refractivity contribution in [3.63, 3.8) is 0 Å². The summed E-state index contributed by atoms with van der Waals surface area (Å²) >= 11 is 0. The molecular formula is C13H17N3O2. The molecule has 2 aromatic rings. The van der Waals surface area contributed by atoms with E-state index in [9.17, 15) is 5.11 Å². The normalized spacial score (nSPS) is 19.2. The smallest absolute Gasteiger partial charge is 0.117 e. The topological polar surface area (TPSA) is 84.2 Å². The third-order valence-electron chi connectivity index (χ3n) is 3.81. The summed E-state index contributed by atoms with van der Waals surface area (Å²) in [6, 6.07) is 5.15. The molecule has 0 aliphatic carbocycles. The summed E-state index contributed by atoms with van der Waals surface area (Å²) in [5.74, 6) is 1.15. The Labute approximate surface area is 105 Å². The number of benzene rings is 1. The van der Waals surface area contributed by atoms with E-state index < -0.39 is 0 Å². The fourth-order valence-corrected chi connectivity index (χ4v) is 2.55. The zero-order chi connectivity index (χ0) is 12.6. The van der Waals surface area contributed by atoms with Crippen LogP contribution >= 0.6 is 0 Å². The van der Waals surface area contributed by atoms with E-state index in [1.54, 1.807) is 12.1 Å². The first-order chi connectivity index (χ1) is 8.73. The van der Waals surface area contributed by atoms with Crippen LogP contribution in [0.4, 0.5) is 0 Å². The number of aromatic hydroxyl groups is 1. The molecule has 2 heterocycles. The number of hydrogen-bond acceptors (Lipinski definition) is 4. The molecular weight excluding hydrogens is 230 g/mol. The molecule has 0 bridgehead atoms. The molecule has 1 aliphatic rings. The highest BCUT2D eigenvalue weighted by atomic mass is 16.5. The van der Waals surface area contributed by atoms with Crippen molar-refractivity contribution in [3.8, 4) is 5.75 Å². The first-order valence-corrected chi connectivity index (χ1v) is 6.21. The van der Waals surface area contributed by atoms with Gasteiger partial charge in [0, 0.05) is 31.2 Å². The molecule has 0 saturated carbocycles. The summed E-state index contributed by atoms with van der Waals surface area (Å²) in [6.07, 6.45) is 1.77. The fourth-order valence-electron chi connectivity index (χ4n) is 2.55. The van der Waals surface area contributed by atoms with Crippen LogP contribution in [0.1, 0.15) is 18.7 Å². The molecule has 0 spiro atoms. The number of nitrogens with one attached hydrogen (secondary N) is 1. The van der Waals surface area contributed by atoms with Crippen molar-refractivity contribution < 1.29 is 9.84 Å². The van der Waals surface area contributed by atoms with Crippen LogP contribution < -0.4 is 5.73 Å². The number of nitrogens with two attached hydrogens (primary N) is 1. The number of H-pyrrole nitrogens is 1. The van der Waals surface area contributed by atoms with E-state index in [2.05, 4.69) is 9.97 Å². The van der Waals surface area contributed by atoms with Crippen molar-refractivity contribution in [1.82, 2.24) is 9.97 Å². The molecule has 5 heteroatoms. The molecule has 1 saturated heterocycles. The summed E-state index contributed by atoms with van der Waals surface area (Å²) in [4.78, 5) is 7.91. The number of rotatable bonds is 2. The van der Waals surface area contributed by atoms with Crippen LogP contribution in [0.3, 0.4) is 0 Å². The van der Waals surface area contributed by atoms with Gasteiger partial charge in [0.1, 0.15) is 11.6 Å². The van der Waals surface area contributed by atoms with Crippen LogP contribution in [0.15, 0.2) is 18.2 Å². The highest BCUT2D eigenvalue weighted by molar-refractivity contribution is 5.76. The minimum Gasteiger partial charge on any atom is -0.508 e. The van der Waals surface area contributed by atoms with Gasteiger partial charge in [-0.1, -0.05) is 0 Å². The molecule has 0 radical (unpaired) electrons. The summed E-state index contributed by atoms with van der Waals surface area (Å²) < 4.78 is 5.40. The predicted octanol–water partition coefficient (Wildman–Crippen LogP) is 1.28. The molecule has 0 atom stereocenters. The van der Waals surface area contributed by atoms with Gasteiger partial charge in [0.25, 0.3) is 0 Å². The minimum atomic E-state index is -0.118. The van der Waals surface area contributed by atoms with Crippen molar-refractivity contribution in [3.05, 3.63) is 24.0 Å². The second-order valence-corrected chi connectivity index (χ2v) is 4.88. The van der Waals surface area contributed by atoms with Gasteiger partial charge in [0.15, 0.2) is 0 Å². The SMILES string of the molecule is NCC1(c2nc3ccc(O)cc3[nH]2)CCOCC1. The number of ether oxygens (including phenoxy) is 1. The van der Waals surface area contributed by atoms with E-state index in [0.717, 1.165) is 42.9 Å². The zero-order valence-electron chi connectivity index (χ0n) is 10.1. The molecule has 96 valence electrons. The lowest BCUT2D eigenvalue weighted by Crippen LogP contribution is -2.41. The number of imidazole rings is 1. The molecule has 0 amide bonds. The maximum Gasteiger partial charge on any atom is 0.117 e. The Hall–Kier alpha value is -1.59. The van der Waals surface area contributed by atoms with Crippen LogP contribution in [0.25, 0.3) is 11.0 Å². The van der Waals surface area contributed by atoms with Gasteiger partial charge >= 0.3 is 0 Å². The Kier molecular flexibility index (Phi) is 2.72. The van der Waals surface area contributed by atoms with Crippen molar-refractivity contribution in [2.45, 2.75) is 18.3 Å². The van der Waals surface area contributed by atoms with Gasteiger partial charge < -0.3 is 20.6 Å². The van der Waals surface area contributed by atoms with Crippen LogP contribution in [0.2, 0.25) is 0 Å². The third-order valence-corrected chi connectivity index (χ3v) is 3.81. The largest absolute Gasteiger partial charge is 0.508 e. The van der Waals surface area contributed by atoms with E-state index in [1.165, 1.54) is 0 Å². The minimum absolute atomic E-state index is 0.118. The number of hydrogen-bond donors (Lipinski definition) is 3. The van der Waals surface area contributed by atoms with Crippen LogP contribution in [0.5, 0.6) is 5.75 Å². The third kappa shape index (κ3) is 1.76.